The van der Waals surface area contributed by atoms with Crippen LogP contribution in [0.15, 0.2) is 30.3 Å². The third-order valence-corrected chi connectivity index (χ3v) is 4.11. The fourth-order valence-corrected chi connectivity index (χ4v) is 2.79. The predicted octanol–water partition coefficient (Wildman–Crippen LogP) is 3.41. The molecule has 20 heavy (non-hydrogen) atoms. The molecule has 1 unspecified atom stereocenters. The van der Waals surface area contributed by atoms with Crippen LogP contribution in [-0.2, 0) is 13.0 Å². The van der Waals surface area contributed by atoms with E-state index in [1.165, 1.54) is 5.56 Å². The van der Waals surface area contributed by atoms with Crippen LogP contribution in [0.25, 0.3) is 0 Å². The van der Waals surface area contributed by atoms with Gasteiger partial charge in [-0.05, 0) is 32.9 Å². The van der Waals surface area contributed by atoms with Crippen molar-refractivity contribution >= 4 is 11.6 Å². The van der Waals surface area contributed by atoms with Crippen molar-refractivity contribution in [3.05, 3.63) is 52.3 Å². The molecule has 0 aliphatic carbocycles. The summed E-state index contributed by atoms with van der Waals surface area (Å²) in [6.45, 7) is 5.84. The zero-order chi connectivity index (χ0) is 14.5. The maximum atomic E-state index is 6.42. The van der Waals surface area contributed by atoms with Gasteiger partial charge < -0.3 is 5.32 Å². The molecule has 1 aromatic carbocycles. The molecular weight excluding hydrogens is 270 g/mol. The highest BCUT2D eigenvalue weighted by atomic mass is 35.5. The summed E-state index contributed by atoms with van der Waals surface area (Å²) in [4.78, 5) is 0. The largest absolute Gasteiger partial charge is 0.319 e. The second-order valence-electron chi connectivity index (χ2n) is 5.03. The van der Waals surface area contributed by atoms with E-state index in [-0.39, 0.29) is 0 Å². The topological polar surface area (TPSA) is 29.9 Å². The molecule has 1 aromatic heterocycles. The second kappa shape index (κ2) is 6.91. The first kappa shape index (κ1) is 15.1. The molecule has 0 amide bonds. The Morgan fingerprint density at radius 2 is 2.00 bits per heavy atom. The number of aryl methyl sites for hydroxylation is 2. The highest BCUT2D eigenvalue weighted by molar-refractivity contribution is 6.31. The Bertz CT molecular complexity index is 548. The number of hydrogen-bond acceptors (Lipinski definition) is 2. The molecule has 3 nitrogen and oxygen atoms in total. The molecule has 0 aliphatic heterocycles. The van der Waals surface area contributed by atoms with Gasteiger partial charge in [0.25, 0.3) is 0 Å². The number of hydrogen-bond donors (Lipinski definition) is 1. The van der Waals surface area contributed by atoms with Crippen molar-refractivity contribution in [1.82, 2.24) is 15.1 Å². The normalized spacial score (nSPS) is 12.6. The zero-order valence-electron chi connectivity index (χ0n) is 12.4. The van der Waals surface area contributed by atoms with Crippen LogP contribution in [0.1, 0.15) is 29.8 Å². The molecule has 4 heteroatoms. The van der Waals surface area contributed by atoms with Crippen molar-refractivity contribution in [1.29, 1.82) is 0 Å². The van der Waals surface area contributed by atoms with E-state index in [1.54, 1.807) is 0 Å². The van der Waals surface area contributed by atoms with Gasteiger partial charge in [0.2, 0.25) is 0 Å². The van der Waals surface area contributed by atoms with Gasteiger partial charge >= 0.3 is 0 Å². The number of rotatable bonds is 6. The summed E-state index contributed by atoms with van der Waals surface area (Å²) in [7, 11) is 1.99. The minimum atomic E-state index is 0.403. The minimum Gasteiger partial charge on any atom is -0.319 e. The van der Waals surface area contributed by atoms with E-state index in [0.717, 1.165) is 35.9 Å². The first-order valence-electron chi connectivity index (χ1n) is 7.08. The van der Waals surface area contributed by atoms with Crippen molar-refractivity contribution in [2.24, 2.45) is 0 Å². The predicted molar refractivity (Wildman–Crippen MR) is 84.5 cm³/mol. The molecule has 2 rings (SSSR count). The molecular formula is C16H22ClN3. The Kier molecular flexibility index (Phi) is 5.21. The van der Waals surface area contributed by atoms with Gasteiger partial charge in [-0.2, -0.15) is 5.10 Å². The third kappa shape index (κ3) is 3.22. The maximum absolute atomic E-state index is 6.42. The molecule has 0 saturated carbocycles. The molecule has 0 saturated heterocycles. The van der Waals surface area contributed by atoms with E-state index in [1.807, 2.05) is 24.7 Å². The number of aromatic nitrogens is 2. The average molecular weight is 292 g/mol. The van der Waals surface area contributed by atoms with Gasteiger partial charge in [-0.3, -0.25) is 4.68 Å². The van der Waals surface area contributed by atoms with Gasteiger partial charge in [0.15, 0.2) is 0 Å². The maximum Gasteiger partial charge on any atom is 0.0847 e. The first-order chi connectivity index (χ1) is 9.67. The van der Waals surface area contributed by atoms with E-state index in [0.29, 0.717) is 5.92 Å². The van der Waals surface area contributed by atoms with E-state index in [2.05, 4.69) is 41.6 Å². The highest BCUT2D eigenvalue weighted by Gasteiger charge is 2.18. The Labute approximate surface area is 126 Å². The fourth-order valence-electron chi connectivity index (χ4n) is 2.58. The Morgan fingerprint density at radius 3 is 2.60 bits per heavy atom. The molecule has 0 fully saturated rings. The summed E-state index contributed by atoms with van der Waals surface area (Å²) in [5.41, 5.74) is 3.38. The molecule has 1 N–H and O–H groups in total. The summed E-state index contributed by atoms with van der Waals surface area (Å²) in [6.07, 6.45) is 0.901. The fraction of sp³-hybridized carbons (Fsp3) is 0.438. The smallest absolute Gasteiger partial charge is 0.0847 e. The Morgan fingerprint density at radius 1 is 1.30 bits per heavy atom. The van der Waals surface area contributed by atoms with Gasteiger partial charge in [-0.15, -0.1) is 0 Å². The highest BCUT2D eigenvalue weighted by Crippen LogP contribution is 2.27. The van der Waals surface area contributed by atoms with E-state index in [9.17, 15) is 0 Å². The van der Waals surface area contributed by atoms with Gasteiger partial charge in [-0.1, -0.05) is 41.9 Å². The van der Waals surface area contributed by atoms with Crippen LogP contribution in [0, 0.1) is 6.92 Å². The van der Waals surface area contributed by atoms with Gasteiger partial charge in [0.05, 0.1) is 16.4 Å². The van der Waals surface area contributed by atoms with Gasteiger partial charge in [0, 0.05) is 19.0 Å². The molecule has 0 aliphatic rings. The summed E-state index contributed by atoms with van der Waals surface area (Å²) in [6, 6.07) is 10.6. The van der Waals surface area contributed by atoms with Gasteiger partial charge in [-0.25, -0.2) is 0 Å². The first-order valence-corrected chi connectivity index (χ1v) is 7.46. The van der Waals surface area contributed by atoms with Crippen molar-refractivity contribution in [3.63, 3.8) is 0 Å². The van der Waals surface area contributed by atoms with Crippen LogP contribution in [0.5, 0.6) is 0 Å². The lowest BCUT2D eigenvalue weighted by Gasteiger charge is -2.18. The monoisotopic (exact) mass is 291 g/mol. The van der Waals surface area contributed by atoms with Crippen molar-refractivity contribution in [3.8, 4) is 0 Å². The summed E-state index contributed by atoms with van der Waals surface area (Å²) in [5.74, 6) is 0.403. The molecule has 0 radical (unpaired) electrons. The van der Waals surface area contributed by atoms with Crippen LogP contribution < -0.4 is 5.32 Å². The quantitative estimate of drug-likeness (QED) is 0.884. The SMILES string of the molecule is CCn1nc(C)c(Cl)c1CC(CNC)c1ccccc1. The van der Waals surface area contributed by atoms with E-state index < -0.39 is 0 Å². The minimum absolute atomic E-state index is 0.403. The zero-order valence-corrected chi connectivity index (χ0v) is 13.1. The lowest BCUT2D eigenvalue weighted by Crippen LogP contribution is -2.20. The molecule has 1 atom stereocenters. The summed E-state index contributed by atoms with van der Waals surface area (Å²) < 4.78 is 2.02. The van der Waals surface area contributed by atoms with Crippen LogP contribution >= 0.6 is 11.6 Å². The van der Waals surface area contributed by atoms with Crippen molar-refractivity contribution in [2.75, 3.05) is 13.6 Å². The van der Waals surface area contributed by atoms with Crippen LogP contribution in [0.2, 0.25) is 5.02 Å². The van der Waals surface area contributed by atoms with Crippen molar-refractivity contribution in [2.45, 2.75) is 32.7 Å². The summed E-state index contributed by atoms with van der Waals surface area (Å²) in [5, 5.41) is 8.59. The molecule has 0 spiro atoms. The van der Waals surface area contributed by atoms with Gasteiger partial charge in [0.1, 0.15) is 0 Å². The lowest BCUT2D eigenvalue weighted by atomic mass is 9.94. The standard InChI is InChI=1S/C16H22ClN3/c1-4-20-15(16(17)12(2)19-20)10-14(11-18-3)13-8-6-5-7-9-13/h5-9,14,18H,4,10-11H2,1-3H3. The molecule has 2 aromatic rings. The van der Waals surface area contributed by atoms with E-state index in [4.69, 9.17) is 11.6 Å². The number of likely N-dealkylation sites (N-methyl/N-ethyl adjacent to an activating group) is 1. The summed E-state index contributed by atoms with van der Waals surface area (Å²) >= 11 is 6.42. The number of nitrogens with one attached hydrogen (secondary N) is 1. The Balaban J connectivity index is 2.29. The Hall–Kier alpha value is -1.32. The second-order valence-corrected chi connectivity index (χ2v) is 5.41. The number of halogens is 1. The molecule has 0 bridgehead atoms. The number of benzene rings is 1. The average Bonchev–Trinajstić information content (AvgIpc) is 2.75. The van der Waals surface area contributed by atoms with Crippen LogP contribution in [0.4, 0.5) is 0 Å². The molecule has 108 valence electrons. The van der Waals surface area contributed by atoms with E-state index >= 15 is 0 Å². The lowest BCUT2D eigenvalue weighted by molar-refractivity contribution is 0.563. The van der Waals surface area contributed by atoms with Crippen LogP contribution in [0.3, 0.4) is 0 Å². The third-order valence-electron chi connectivity index (χ3n) is 3.61. The van der Waals surface area contributed by atoms with Crippen LogP contribution in [-0.4, -0.2) is 23.4 Å². The molecule has 1 heterocycles. The van der Waals surface area contributed by atoms with Crippen molar-refractivity contribution < 1.29 is 0 Å². The number of nitrogens with zero attached hydrogens (tertiary/aromatic N) is 2.